The predicted octanol–water partition coefficient (Wildman–Crippen LogP) is 4.32. The molecule has 0 amide bonds. The highest BCUT2D eigenvalue weighted by molar-refractivity contribution is 5.90. The number of allylic oxidation sites excluding steroid dienone is 1. The SMILES string of the molecule is CC(C)C1=CC2CC3(C=O)C4CCC(C)C4CC2(CO[C@@H]2O[C@H](C=C=O)[C@@H](OOCc4ccccc4)[C@@H]4O[C@H]24)C13C(=O)O. The van der Waals surface area contributed by atoms with E-state index in [1.54, 1.807) is 5.94 Å². The fourth-order valence-corrected chi connectivity index (χ4v) is 10.2. The lowest BCUT2D eigenvalue weighted by molar-refractivity contribution is -0.359. The number of carboxylic acids is 1. The molecule has 7 rings (SSSR count). The van der Waals surface area contributed by atoms with Gasteiger partial charge in [0.1, 0.15) is 42.6 Å². The summed E-state index contributed by atoms with van der Waals surface area (Å²) in [4.78, 5) is 49.5. The number of carbonyl (C=O) groups is 2. The van der Waals surface area contributed by atoms with E-state index in [4.69, 9.17) is 24.0 Å². The Morgan fingerprint density at radius 2 is 1.95 bits per heavy atom. The number of carboxylic acid groups (broad SMARTS) is 1. The van der Waals surface area contributed by atoms with Crippen LogP contribution < -0.4 is 0 Å². The number of hydrogen-bond acceptors (Lipinski definition) is 8. The average molecular weight is 593 g/mol. The van der Waals surface area contributed by atoms with Gasteiger partial charge in [0.05, 0.1) is 12.0 Å². The van der Waals surface area contributed by atoms with Crippen LogP contribution in [-0.4, -0.2) is 60.6 Å². The van der Waals surface area contributed by atoms with Crippen LogP contribution >= 0.6 is 0 Å². The minimum Gasteiger partial charge on any atom is -0.481 e. The molecule has 7 unspecified atom stereocenters. The lowest BCUT2D eigenvalue weighted by Gasteiger charge is -2.58. The molecule has 1 aromatic rings. The highest BCUT2D eigenvalue weighted by atomic mass is 17.2. The highest BCUT2D eigenvalue weighted by Crippen LogP contribution is 2.82. The van der Waals surface area contributed by atoms with Crippen LogP contribution in [0.5, 0.6) is 0 Å². The highest BCUT2D eigenvalue weighted by Gasteiger charge is 2.84. The molecular formula is C34H40O9. The van der Waals surface area contributed by atoms with E-state index in [0.29, 0.717) is 18.8 Å². The van der Waals surface area contributed by atoms with E-state index in [9.17, 15) is 19.5 Å². The summed E-state index contributed by atoms with van der Waals surface area (Å²) in [5, 5.41) is 11.2. The van der Waals surface area contributed by atoms with Crippen molar-refractivity contribution in [2.75, 3.05) is 6.61 Å². The number of rotatable bonds is 11. The zero-order valence-electron chi connectivity index (χ0n) is 24.8. The summed E-state index contributed by atoms with van der Waals surface area (Å²) in [5.41, 5.74) is -1.28. The topological polar surface area (TPSA) is 121 Å². The van der Waals surface area contributed by atoms with Gasteiger partial charge in [0.2, 0.25) is 0 Å². The quantitative estimate of drug-likeness (QED) is 0.1000. The van der Waals surface area contributed by atoms with Crippen molar-refractivity contribution >= 4 is 18.2 Å². The third kappa shape index (κ3) is 3.92. The number of fused-ring (bicyclic) bond motifs is 3. The number of epoxide rings is 1. The van der Waals surface area contributed by atoms with Crippen LogP contribution in [0.3, 0.4) is 0 Å². The van der Waals surface area contributed by atoms with Crippen molar-refractivity contribution in [1.29, 1.82) is 0 Å². The van der Waals surface area contributed by atoms with Crippen LogP contribution in [0.2, 0.25) is 0 Å². The third-order valence-corrected chi connectivity index (χ3v) is 11.9. The Bertz CT molecular complexity index is 1350. The first kappa shape index (κ1) is 29.1. The van der Waals surface area contributed by atoms with Crippen LogP contribution in [0.25, 0.3) is 0 Å². The number of ether oxygens (including phenoxy) is 3. The van der Waals surface area contributed by atoms with Gasteiger partial charge in [0, 0.05) is 11.5 Å². The van der Waals surface area contributed by atoms with Gasteiger partial charge in [-0.05, 0) is 54.4 Å². The second-order valence-corrected chi connectivity index (χ2v) is 13.9. The molecule has 12 atom stereocenters. The lowest BCUT2D eigenvalue weighted by Crippen LogP contribution is -2.64. The largest absolute Gasteiger partial charge is 0.481 e. The second kappa shape index (κ2) is 10.5. The summed E-state index contributed by atoms with van der Waals surface area (Å²) >= 11 is 0. The van der Waals surface area contributed by atoms with E-state index >= 15 is 0 Å². The molecule has 0 aromatic heterocycles. The van der Waals surface area contributed by atoms with Gasteiger partial charge in [0.25, 0.3) is 0 Å². The van der Waals surface area contributed by atoms with Crippen molar-refractivity contribution < 1.29 is 43.5 Å². The monoisotopic (exact) mass is 592 g/mol. The number of aliphatic carboxylic acids is 1. The normalized spacial score (nSPS) is 45.2. The fraction of sp³-hybridized carbons (Fsp3) is 0.647. The van der Waals surface area contributed by atoms with Crippen LogP contribution in [0.15, 0.2) is 48.1 Å². The van der Waals surface area contributed by atoms with Crippen molar-refractivity contribution in [2.45, 2.75) is 83.8 Å². The molecule has 1 N–H and O–H groups in total. The first-order chi connectivity index (χ1) is 20.7. The van der Waals surface area contributed by atoms with Gasteiger partial charge in [-0.2, -0.15) is 0 Å². The van der Waals surface area contributed by atoms with E-state index in [0.717, 1.165) is 30.3 Å². The lowest BCUT2D eigenvalue weighted by atomic mass is 9.43. The molecule has 2 aliphatic heterocycles. The summed E-state index contributed by atoms with van der Waals surface area (Å²) in [6.45, 7) is 6.62. The van der Waals surface area contributed by atoms with Crippen molar-refractivity contribution in [3.63, 3.8) is 0 Å². The van der Waals surface area contributed by atoms with E-state index in [1.165, 1.54) is 6.08 Å². The van der Waals surface area contributed by atoms with Crippen molar-refractivity contribution in [3.05, 3.63) is 53.6 Å². The molecule has 9 heteroatoms. The Kier molecular flexibility index (Phi) is 7.08. The molecule has 230 valence electrons. The molecule has 3 saturated carbocycles. The molecule has 6 aliphatic rings. The molecule has 9 nitrogen and oxygen atoms in total. The Morgan fingerprint density at radius 3 is 2.65 bits per heavy atom. The minimum atomic E-state index is -1.33. The van der Waals surface area contributed by atoms with Gasteiger partial charge in [-0.25, -0.2) is 14.6 Å². The summed E-state index contributed by atoms with van der Waals surface area (Å²) in [6, 6.07) is 9.57. The Labute approximate surface area is 251 Å². The third-order valence-electron chi connectivity index (χ3n) is 11.9. The Balaban J connectivity index is 1.14. The van der Waals surface area contributed by atoms with Crippen LogP contribution in [0.4, 0.5) is 0 Å². The zero-order chi connectivity index (χ0) is 30.1. The van der Waals surface area contributed by atoms with E-state index in [2.05, 4.69) is 13.0 Å². The summed E-state index contributed by atoms with van der Waals surface area (Å²) in [6.07, 6.45) is 4.30. The molecule has 5 fully saturated rings. The van der Waals surface area contributed by atoms with Gasteiger partial charge in [-0.1, -0.05) is 69.2 Å². The van der Waals surface area contributed by atoms with Gasteiger partial charge >= 0.3 is 5.97 Å². The predicted molar refractivity (Wildman–Crippen MR) is 152 cm³/mol. The Hall–Kier alpha value is -2.65. The number of aldehydes is 1. The number of carbonyl (C=O) groups excluding carboxylic acids is 2. The molecule has 0 radical (unpaired) electrons. The summed E-state index contributed by atoms with van der Waals surface area (Å²) in [5.74, 6) is 1.49. The average Bonchev–Trinajstić information content (AvgIpc) is 3.60. The van der Waals surface area contributed by atoms with Crippen molar-refractivity contribution in [1.82, 2.24) is 0 Å². The second-order valence-electron chi connectivity index (χ2n) is 13.9. The standard InChI is InChI=1S/C34H40O9/c1-19(2)25-13-22-14-32(17-36)24-10-9-20(3)23(24)15-33(22,34(25,32)31(37)38)18-39-30-29-28(42-29)27(26(41-30)11-12-35)43-40-16-21-7-5-4-6-8-21/h4-8,11,13,17,19-20,22-24,26-30H,9-10,14-16,18H2,1-3H3,(H,37,38)/t20?,22?,23?,24?,26-,27-,28+,29+,30-,32?,33?,34?/m1/s1. The molecule has 2 heterocycles. The molecule has 43 heavy (non-hydrogen) atoms. The van der Waals surface area contributed by atoms with E-state index < -0.39 is 52.9 Å². The molecule has 4 bridgehead atoms. The number of hydrogen-bond donors (Lipinski definition) is 1. The van der Waals surface area contributed by atoms with Gasteiger partial charge < -0.3 is 24.1 Å². The van der Waals surface area contributed by atoms with Gasteiger partial charge in [-0.15, -0.1) is 0 Å². The number of benzene rings is 1. The van der Waals surface area contributed by atoms with Crippen molar-refractivity contribution in [3.8, 4) is 0 Å². The summed E-state index contributed by atoms with van der Waals surface area (Å²) < 4.78 is 18.7. The maximum Gasteiger partial charge on any atom is 0.315 e. The van der Waals surface area contributed by atoms with Gasteiger partial charge in [0.15, 0.2) is 12.4 Å². The van der Waals surface area contributed by atoms with E-state index in [1.807, 2.05) is 44.2 Å². The maximum atomic E-state index is 13.7. The van der Waals surface area contributed by atoms with Crippen LogP contribution in [0, 0.1) is 45.8 Å². The zero-order valence-corrected chi connectivity index (χ0v) is 24.8. The maximum absolute atomic E-state index is 13.7. The molecule has 2 saturated heterocycles. The van der Waals surface area contributed by atoms with Crippen LogP contribution in [0.1, 0.15) is 52.0 Å². The van der Waals surface area contributed by atoms with E-state index in [-0.39, 0.29) is 36.9 Å². The summed E-state index contributed by atoms with van der Waals surface area (Å²) in [7, 11) is 0. The molecular weight excluding hydrogens is 552 g/mol. The molecule has 0 spiro atoms. The smallest absolute Gasteiger partial charge is 0.315 e. The first-order valence-electron chi connectivity index (χ1n) is 15.6. The van der Waals surface area contributed by atoms with Gasteiger partial charge in [-0.3, -0.25) is 4.79 Å². The van der Waals surface area contributed by atoms with Crippen LogP contribution in [-0.2, 0) is 45.0 Å². The van der Waals surface area contributed by atoms with Crippen molar-refractivity contribution in [2.24, 2.45) is 45.8 Å². The minimum absolute atomic E-state index is 0.0199. The fourth-order valence-electron chi connectivity index (χ4n) is 10.2. The Morgan fingerprint density at radius 1 is 1.16 bits per heavy atom. The first-order valence-corrected chi connectivity index (χ1v) is 15.6. The molecule has 4 aliphatic carbocycles. The molecule has 1 aromatic carbocycles.